The predicted octanol–water partition coefficient (Wildman–Crippen LogP) is 1.23. The number of nitrogens with zero attached hydrogens (tertiary/aromatic N) is 1. The average Bonchev–Trinajstić information content (AvgIpc) is 2.30. The van der Waals surface area contributed by atoms with Crippen LogP contribution in [0.15, 0.2) is 36.7 Å². The Bertz CT molecular complexity index is 267. The van der Waals surface area contributed by atoms with E-state index in [9.17, 15) is 0 Å². The van der Waals surface area contributed by atoms with Gasteiger partial charge in [0.1, 0.15) is 6.23 Å². The maximum Gasteiger partial charge on any atom is 0.144 e. The molecule has 0 aromatic carbocycles. The number of rotatable bonds is 4. The van der Waals surface area contributed by atoms with Crippen molar-refractivity contribution in [1.82, 2.24) is 5.01 Å². The van der Waals surface area contributed by atoms with E-state index < -0.39 is 0 Å². The van der Waals surface area contributed by atoms with E-state index in [2.05, 4.69) is 13.2 Å². The number of ether oxygens (including phenoxy) is 1. The third kappa shape index (κ3) is 2.84. The summed E-state index contributed by atoms with van der Waals surface area (Å²) in [5.41, 5.74) is 6.93. The number of allylic oxidation sites excluding steroid dienone is 2. The first kappa shape index (κ1) is 11.8. The molecule has 0 amide bonds. The summed E-state index contributed by atoms with van der Waals surface area (Å²) in [7, 11) is 0. The largest absolute Gasteiger partial charge is 0.397 e. The number of hydrazine groups is 1. The van der Waals surface area contributed by atoms with Gasteiger partial charge in [0.2, 0.25) is 0 Å². The van der Waals surface area contributed by atoms with Crippen LogP contribution in [-0.2, 0) is 4.74 Å². The van der Waals surface area contributed by atoms with E-state index in [1.807, 2.05) is 0 Å². The van der Waals surface area contributed by atoms with Crippen LogP contribution in [0.5, 0.6) is 0 Å². The highest BCUT2D eigenvalue weighted by molar-refractivity contribution is 5.27. The topological polar surface area (TPSA) is 64.5 Å². The molecule has 1 saturated heterocycles. The lowest BCUT2D eigenvalue weighted by Crippen LogP contribution is -2.44. The molecule has 1 aliphatic heterocycles. The molecule has 84 valence electrons. The van der Waals surface area contributed by atoms with Crippen molar-refractivity contribution in [2.45, 2.75) is 25.5 Å². The van der Waals surface area contributed by atoms with Gasteiger partial charge >= 0.3 is 0 Å². The fourth-order valence-corrected chi connectivity index (χ4v) is 1.58. The SMILES string of the molecule is C=C/C(N)=C(\C=C)N(N)C1CCCCO1. The minimum absolute atomic E-state index is 0.106. The molecular weight excluding hydrogens is 190 g/mol. The standard InChI is InChI=1S/C11H19N3O/c1-3-9(12)10(4-2)14(13)11-7-5-6-8-15-11/h3-4,11H,1-2,5-8,12-13H2/b10-9-. The van der Waals surface area contributed by atoms with Gasteiger partial charge in [-0.05, 0) is 31.4 Å². The second-order valence-electron chi connectivity index (χ2n) is 3.48. The molecule has 1 atom stereocenters. The molecule has 0 saturated carbocycles. The number of nitrogens with two attached hydrogens (primary N) is 2. The van der Waals surface area contributed by atoms with Crippen LogP contribution >= 0.6 is 0 Å². The fraction of sp³-hybridized carbons (Fsp3) is 0.455. The summed E-state index contributed by atoms with van der Waals surface area (Å²) in [5.74, 6) is 5.93. The van der Waals surface area contributed by atoms with E-state index in [0.29, 0.717) is 11.4 Å². The summed E-state index contributed by atoms with van der Waals surface area (Å²) >= 11 is 0. The van der Waals surface area contributed by atoms with Crippen LogP contribution in [-0.4, -0.2) is 17.8 Å². The van der Waals surface area contributed by atoms with E-state index in [1.54, 1.807) is 12.2 Å². The van der Waals surface area contributed by atoms with Gasteiger partial charge in [-0.25, -0.2) is 5.84 Å². The predicted molar refractivity (Wildman–Crippen MR) is 61.2 cm³/mol. The van der Waals surface area contributed by atoms with Crippen LogP contribution in [0, 0.1) is 0 Å². The summed E-state index contributed by atoms with van der Waals surface area (Å²) in [4.78, 5) is 0. The van der Waals surface area contributed by atoms with Crippen molar-refractivity contribution in [3.05, 3.63) is 36.7 Å². The second kappa shape index (κ2) is 5.58. The first-order chi connectivity index (χ1) is 7.20. The molecule has 1 rings (SSSR count). The zero-order valence-electron chi connectivity index (χ0n) is 8.98. The second-order valence-corrected chi connectivity index (χ2v) is 3.48. The molecule has 1 fully saturated rings. The summed E-state index contributed by atoms with van der Waals surface area (Å²) < 4.78 is 5.55. The molecule has 0 aliphatic carbocycles. The van der Waals surface area contributed by atoms with Crippen molar-refractivity contribution in [3.63, 3.8) is 0 Å². The first-order valence-electron chi connectivity index (χ1n) is 5.11. The van der Waals surface area contributed by atoms with E-state index in [-0.39, 0.29) is 6.23 Å². The molecule has 4 nitrogen and oxygen atoms in total. The normalized spacial score (nSPS) is 22.9. The minimum Gasteiger partial charge on any atom is -0.397 e. The van der Waals surface area contributed by atoms with E-state index in [4.69, 9.17) is 16.3 Å². The van der Waals surface area contributed by atoms with Crippen molar-refractivity contribution in [2.24, 2.45) is 11.6 Å². The fourth-order valence-electron chi connectivity index (χ4n) is 1.58. The monoisotopic (exact) mass is 209 g/mol. The van der Waals surface area contributed by atoms with Gasteiger partial charge in [-0.15, -0.1) is 0 Å². The first-order valence-corrected chi connectivity index (χ1v) is 5.11. The lowest BCUT2D eigenvalue weighted by Gasteiger charge is -2.33. The highest BCUT2D eigenvalue weighted by Gasteiger charge is 2.20. The van der Waals surface area contributed by atoms with Crippen LogP contribution in [0.1, 0.15) is 19.3 Å². The highest BCUT2D eigenvalue weighted by atomic mass is 16.5. The van der Waals surface area contributed by atoms with Crippen LogP contribution in [0.3, 0.4) is 0 Å². The zero-order chi connectivity index (χ0) is 11.3. The molecule has 15 heavy (non-hydrogen) atoms. The Balaban J connectivity index is 2.75. The molecule has 1 aliphatic rings. The van der Waals surface area contributed by atoms with Crippen LogP contribution < -0.4 is 11.6 Å². The Morgan fingerprint density at radius 1 is 1.33 bits per heavy atom. The Labute approximate surface area is 90.8 Å². The Morgan fingerprint density at radius 2 is 2.07 bits per heavy atom. The average molecular weight is 209 g/mol. The Morgan fingerprint density at radius 3 is 2.53 bits per heavy atom. The number of hydrogen-bond donors (Lipinski definition) is 2. The van der Waals surface area contributed by atoms with Crippen LogP contribution in [0.25, 0.3) is 0 Å². The van der Waals surface area contributed by atoms with Crippen molar-refractivity contribution >= 4 is 0 Å². The number of hydrogen-bond acceptors (Lipinski definition) is 4. The van der Waals surface area contributed by atoms with Gasteiger partial charge in [-0.2, -0.15) is 0 Å². The van der Waals surface area contributed by atoms with Crippen molar-refractivity contribution < 1.29 is 4.74 Å². The summed E-state index contributed by atoms with van der Waals surface area (Å²) in [6.07, 6.45) is 6.20. The highest BCUT2D eigenvalue weighted by Crippen LogP contribution is 2.18. The molecule has 0 spiro atoms. The van der Waals surface area contributed by atoms with Gasteiger partial charge in [0.05, 0.1) is 11.4 Å². The third-order valence-electron chi connectivity index (χ3n) is 2.45. The van der Waals surface area contributed by atoms with Gasteiger partial charge < -0.3 is 10.5 Å². The van der Waals surface area contributed by atoms with Crippen LogP contribution in [0.4, 0.5) is 0 Å². The molecule has 1 unspecified atom stereocenters. The van der Waals surface area contributed by atoms with Gasteiger partial charge in [-0.1, -0.05) is 13.2 Å². The molecular formula is C11H19N3O. The van der Waals surface area contributed by atoms with E-state index in [1.165, 1.54) is 5.01 Å². The molecule has 0 aromatic rings. The maximum absolute atomic E-state index is 5.93. The Hall–Kier alpha value is -1.26. The third-order valence-corrected chi connectivity index (χ3v) is 2.45. The molecule has 0 bridgehead atoms. The van der Waals surface area contributed by atoms with Crippen molar-refractivity contribution in [2.75, 3.05) is 6.61 Å². The lowest BCUT2D eigenvalue weighted by atomic mass is 10.1. The van der Waals surface area contributed by atoms with Crippen molar-refractivity contribution in [1.29, 1.82) is 0 Å². The van der Waals surface area contributed by atoms with Crippen molar-refractivity contribution in [3.8, 4) is 0 Å². The Kier molecular flexibility index (Phi) is 4.39. The molecule has 1 heterocycles. The van der Waals surface area contributed by atoms with Crippen LogP contribution in [0.2, 0.25) is 0 Å². The summed E-state index contributed by atoms with van der Waals surface area (Å²) in [6.45, 7) is 8.03. The van der Waals surface area contributed by atoms with Gasteiger partial charge in [0, 0.05) is 6.61 Å². The minimum atomic E-state index is -0.106. The molecule has 4 heteroatoms. The summed E-state index contributed by atoms with van der Waals surface area (Å²) in [6, 6.07) is 0. The smallest absolute Gasteiger partial charge is 0.144 e. The van der Waals surface area contributed by atoms with E-state index in [0.717, 1.165) is 25.9 Å². The summed E-state index contributed by atoms with van der Waals surface area (Å²) in [5, 5.41) is 1.53. The lowest BCUT2D eigenvalue weighted by molar-refractivity contribution is -0.0705. The van der Waals surface area contributed by atoms with Gasteiger partial charge in [-0.3, -0.25) is 5.01 Å². The maximum atomic E-state index is 5.93. The van der Waals surface area contributed by atoms with Gasteiger partial charge in [0.25, 0.3) is 0 Å². The zero-order valence-corrected chi connectivity index (χ0v) is 8.98. The quantitative estimate of drug-likeness (QED) is 0.415. The molecule has 0 radical (unpaired) electrons. The molecule has 0 aromatic heterocycles. The van der Waals surface area contributed by atoms with Gasteiger partial charge in [0.15, 0.2) is 0 Å². The molecule has 4 N–H and O–H groups in total. The van der Waals surface area contributed by atoms with E-state index >= 15 is 0 Å².